The first-order chi connectivity index (χ1) is 12.7. The van der Waals surface area contributed by atoms with E-state index in [2.05, 4.69) is 23.2 Å². The molecule has 0 bridgehead atoms. The summed E-state index contributed by atoms with van der Waals surface area (Å²) in [6, 6.07) is 23.5. The zero-order valence-corrected chi connectivity index (χ0v) is 14.5. The first-order valence-corrected chi connectivity index (χ1v) is 8.78. The number of amides is 1. The second-order valence-electron chi connectivity index (χ2n) is 5.81. The molecular formula is C21H13N3OS. The maximum Gasteiger partial charge on any atom is 0.277 e. The lowest BCUT2D eigenvalue weighted by molar-refractivity contribution is 0.1000. The standard InChI is InChI=1S/C21H13N3OS/c22-12-13-5-7-15(8-6-13)19-18(24-21(26-19)20(23)25)17-10-9-14-3-1-2-4-16(14)11-17/h1-11H,(H2,23,25). The average Bonchev–Trinajstić information content (AvgIpc) is 3.13. The van der Waals surface area contributed by atoms with Gasteiger partial charge in [0, 0.05) is 5.56 Å². The van der Waals surface area contributed by atoms with E-state index in [1.54, 1.807) is 12.1 Å². The highest BCUT2D eigenvalue weighted by molar-refractivity contribution is 7.17. The number of nitriles is 1. The summed E-state index contributed by atoms with van der Waals surface area (Å²) in [5.41, 5.74) is 8.58. The van der Waals surface area contributed by atoms with E-state index >= 15 is 0 Å². The van der Waals surface area contributed by atoms with Gasteiger partial charge in [0.1, 0.15) is 0 Å². The van der Waals surface area contributed by atoms with Crippen LogP contribution in [-0.4, -0.2) is 10.9 Å². The van der Waals surface area contributed by atoms with Crippen LogP contribution in [0.1, 0.15) is 15.4 Å². The summed E-state index contributed by atoms with van der Waals surface area (Å²) < 4.78 is 0. The van der Waals surface area contributed by atoms with Crippen molar-refractivity contribution in [1.29, 1.82) is 5.26 Å². The van der Waals surface area contributed by atoms with Crippen LogP contribution >= 0.6 is 11.3 Å². The lowest BCUT2D eigenvalue weighted by atomic mass is 10.0. The predicted molar refractivity (Wildman–Crippen MR) is 104 cm³/mol. The number of carbonyl (C=O) groups is 1. The Morgan fingerprint density at radius 1 is 0.962 bits per heavy atom. The molecule has 124 valence electrons. The molecule has 0 atom stereocenters. The predicted octanol–water partition coefficient (Wildman–Crippen LogP) is 4.60. The van der Waals surface area contributed by atoms with E-state index in [4.69, 9.17) is 11.0 Å². The molecule has 0 aliphatic carbocycles. The van der Waals surface area contributed by atoms with Crippen molar-refractivity contribution in [1.82, 2.24) is 4.98 Å². The number of fused-ring (bicyclic) bond motifs is 1. The second-order valence-corrected chi connectivity index (χ2v) is 6.81. The van der Waals surface area contributed by atoms with Crippen LogP contribution in [-0.2, 0) is 0 Å². The molecule has 0 fully saturated rings. The van der Waals surface area contributed by atoms with Crippen molar-refractivity contribution in [3.63, 3.8) is 0 Å². The van der Waals surface area contributed by atoms with Crippen LogP contribution in [0.3, 0.4) is 0 Å². The van der Waals surface area contributed by atoms with Gasteiger partial charge in [0.25, 0.3) is 5.91 Å². The molecule has 1 heterocycles. The van der Waals surface area contributed by atoms with Crippen LogP contribution in [0.15, 0.2) is 66.7 Å². The molecule has 0 saturated carbocycles. The molecule has 1 aromatic heterocycles. The number of primary amides is 1. The fraction of sp³-hybridized carbons (Fsp3) is 0. The van der Waals surface area contributed by atoms with E-state index in [0.29, 0.717) is 5.56 Å². The molecule has 0 unspecified atom stereocenters. The Bertz CT molecular complexity index is 1170. The molecule has 4 rings (SSSR count). The van der Waals surface area contributed by atoms with E-state index in [0.717, 1.165) is 32.5 Å². The van der Waals surface area contributed by atoms with Crippen molar-refractivity contribution in [2.45, 2.75) is 0 Å². The molecule has 0 spiro atoms. The Balaban J connectivity index is 1.90. The monoisotopic (exact) mass is 355 g/mol. The number of rotatable bonds is 3. The number of hydrogen-bond donors (Lipinski definition) is 1. The van der Waals surface area contributed by atoms with E-state index in [1.165, 1.54) is 11.3 Å². The zero-order valence-electron chi connectivity index (χ0n) is 13.6. The van der Waals surface area contributed by atoms with Gasteiger partial charge in [-0.25, -0.2) is 4.98 Å². The number of aromatic nitrogens is 1. The van der Waals surface area contributed by atoms with Crippen LogP contribution < -0.4 is 5.73 Å². The lowest BCUT2D eigenvalue weighted by Gasteiger charge is -2.05. The van der Waals surface area contributed by atoms with Gasteiger partial charge in [-0.1, -0.05) is 48.5 Å². The van der Waals surface area contributed by atoms with Crippen LogP contribution in [0.25, 0.3) is 32.5 Å². The van der Waals surface area contributed by atoms with Gasteiger partial charge in [0.05, 0.1) is 22.2 Å². The molecule has 5 heteroatoms. The molecule has 3 aromatic carbocycles. The molecule has 4 aromatic rings. The highest BCUT2D eigenvalue weighted by Crippen LogP contribution is 2.37. The van der Waals surface area contributed by atoms with Crippen molar-refractivity contribution in [3.05, 3.63) is 77.3 Å². The maximum absolute atomic E-state index is 11.7. The number of thiazole rings is 1. The molecule has 26 heavy (non-hydrogen) atoms. The highest BCUT2D eigenvalue weighted by atomic mass is 32.1. The topological polar surface area (TPSA) is 79.8 Å². The quantitative estimate of drug-likeness (QED) is 0.583. The molecule has 2 N–H and O–H groups in total. The maximum atomic E-state index is 11.7. The molecule has 0 radical (unpaired) electrons. The van der Waals surface area contributed by atoms with Crippen LogP contribution in [0, 0.1) is 11.3 Å². The first-order valence-electron chi connectivity index (χ1n) is 7.96. The fourth-order valence-electron chi connectivity index (χ4n) is 2.85. The minimum Gasteiger partial charge on any atom is -0.364 e. The van der Waals surface area contributed by atoms with Gasteiger partial charge in [0.15, 0.2) is 5.01 Å². The van der Waals surface area contributed by atoms with Crippen LogP contribution in [0.2, 0.25) is 0 Å². The zero-order chi connectivity index (χ0) is 18.1. The second kappa shape index (κ2) is 6.43. The molecule has 1 amide bonds. The molecule has 0 aliphatic heterocycles. The third-order valence-electron chi connectivity index (χ3n) is 4.14. The Kier molecular flexibility index (Phi) is 3.96. The summed E-state index contributed by atoms with van der Waals surface area (Å²) in [7, 11) is 0. The van der Waals surface area contributed by atoms with Crippen molar-refractivity contribution >= 4 is 28.0 Å². The Hall–Kier alpha value is -3.49. The summed E-state index contributed by atoms with van der Waals surface area (Å²) in [4.78, 5) is 17.0. The summed E-state index contributed by atoms with van der Waals surface area (Å²) >= 11 is 1.27. The fourth-order valence-corrected chi connectivity index (χ4v) is 3.79. The summed E-state index contributed by atoms with van der Waals surface area (Å²) in [5.74, 6) is -0.545. The van der Waals surface area contributed by atoms with Crippen LogP contribution in [0.5, 0.6) is 0 Å². The van der Waals surface area contributed by atoms with E-state index in [1.807, 2.05) is 42.5 Å². The number of benzene rings is 3. The van der Waals surface area contributed by atoms with Crippen molar-refractivity contribution in [2.24, 2.45) is 5.73 Å². The Morgan fingerprint density at radius 3 is 2.35 bits per heavy atom. The summed E-state index contributed by atoms with van der Waals surface area (Å²) in [6.07, 6.45) is 0. The number of carbonyl (C=O) groups excluding carboxylic acids is 1. The van der Waals surface area contributed by atoms with Crippen LogP contribution in [0.4, 0.5) is 0 Å². The normalized spacial score (nSPS) is 10.6. The number of nitrogens with zero attached hydrogens (tertiary/aromatic N) is 2. The number of nitrogens with two attached hydrogens (primary N) is 1. The van der Waals surface area contributed by atoms with Gasteiger partial charge in [-0.15, -0.1) is 11.3 Å². The van der Waals surface area contributed by atoms with Gasteiger partial charge in [0.2, 0.25) is 0 Å². The smallest absolute Gasteiger partial charge is 0.277 e. The Labute approximate surface area is 154 Å². The molecular weight excluding hydrogens is 342 g/mol. The van der Waals surface area contributed by atoms with E-state index in [-0.39, 0.29) is 5.01 Å². The highest BCUT2D eigenvalue weighted by Gasteiger charge is 2.18. The van der Waals surface area contributed by atoms with Gasteiger partial charge in [-0.05, 0) is 34.5 Å². The summed E-state index contributed by atoms with van der Waals surface area (Å²) in [6.45, 7) is 0. The van der Waals surface area contributed by atoms with Gasteiger partial charge < -0.3 is 5.73 Å². The van der Waals surface area contributed by atoms with Crippen molar-refractivity contribution in [3.8, 4) is 27.8 Å². The van der Waals surface area contributed by atoms with Gasteiger partial charge in [-0.3, -0.25) is 4.79 Å². The van der Waals surface area contributed by atoms with E-state index < -0.39 is 5.91 Å². The SMILES string of the molecule is N#Cc1ccc(-c2sc(C(N)=O)nc2-c2ccc3ccccc3c2)cc1. The molecule has 4 nitrogen and oxygen atoms in total. The third kappa shape index (κ3) is 2.83. The largest absolute Gasteiger partial charge is 0.364 e. The number of hydrogen-bond acceptors (Lipinski definition) is 4. The first kappa shape index (κ1) is 16.0. The summed E-state index contributed by atoms with van der Waals surface area (Å²) in [5, 5.41) is 11.5. The molecule has 0 aliphatic rings. The van der Waals surface area contributed by atoms with Crippen molar-refractivity contribution < 1.29 is 4.79 Å². The molecule has 0 saturated heterocycles. The van der Waals surface area contributed by atoms with E-state index in [9.17, 15) is 4.79 Å². The minimum absolute atomic E-state index is 0.271. The third-order valence-corrected chi connectivity index (χ3v) is 5.26. The van der Waals surface area contributed by atoms with Crippen molar-refractivity contribution in [2.75, 3.05) is 0 Å². The average molecular weight is 355 g/mol. The van der Waals surface area contributed by atoms with Gasteiger partial charge >= 0.3 is 0 Å². The van der Waals surface area contributed by atoms with Gasteiger partial charge in [-0.2, -0.15) is 5.26 Å². The Morgan fingerprint density at radius 2 is 1.65 bits per heavy atom. The lowest BCUT2D eigenvalue weighted by Crippen LogP contribution is -2.10. The minimum atomic E-state index is -0.545.